The van der Waals surface area contributed by atoms with Gasteiger partial charge in [-0.15, -0.1) is 0 Å². The third kappa shape index (κ3) is 3.03. The van der Waals surface area contributed by atoms with Crippen molar-refractivity contribution < 1.29 is 0 Å². The summed E-state index contributed by atoms with van der Waals surface area (Å²) in [4.78, 5) is 0. The quantitative estimate of drug-likeness (QED) is 0.635. The SMILES string of the molecule is SC(Cc1ccccc1)(c1ccccc1)c1ccccc1. The molecule has 0 saturated carbocycles. The van der Waals surface area contributed by atoms with Gasteiger partial charge in [0.05, 0.1) is 4.75 Å². The van der Waals surface area contributed by atoms with E-state index in [1.54, 1.807) is 0 Å². The van der Waals surface area contributed by atoms with Gasteiger partial charge in [-0.3, -0.25) is 0 Å². The molecule has 3 rings (SSSR count). The Hall–Kier alpha value is -1.99. The second-order valence-corrected chi connectivity index (χ2v) is 6.02. The van der Waals surface area contributed by atoms with E-state index in [0.29, 0.717) is 0 Å². The van der Waals surface area contributed by atoms with Gasteiger partial charge in [-0.05, 0) is 23.1 Å². The first-order chi connectivity index (χ1) is 10.3. The van der Waals surface area contributed by atoms with E-state index in [1.165, 1.54) is 16.7 Å². The third-order valence-corrected chi connectivity index (χ3v) is 4.48. The molecule has 21 heavy (non-hydrogen) atoms. The molecule has 0 nitrogen and oxygen atoms in total. The van der Waals surface area contributed by atoms with Crippen molar-refractivity contribution in [1.29, 1.82) is 0 Å². The molecule has 0 bridgehead atoms. The smallest absolute Gasteiger partial charge is 0.0667 e. The van der Waals surface area contributed by atoms with Crippen molar-refractivity contribution in [2.24, 2.45) is 0 Å². The molecular formula is C20H18S. The fourth-order valence-electron chi connectivity index (χ4n) is 2.69. The number of rotatable bonds is 4. The summed E-state index contributed by atoms with van der Waals surface area (Å²) in [5, 5.41) is 0. The molecule has 104 valence electrons. The van der Waals surface area contributed by atoms with E-state index in [-0.39, 0.29) is 4.75 Å². The topological polar surface area (TPSA) is 0 Å². The monoisotopic (exact) mass is 290 g/mol. The first-order valence-electron chi connectivity index (χ1n) is 7.16. The Bertz CT molecular complexity index is 635. The molecule has 1 heteroatoms. The molecule has 0 N–H and O–H groups in total. The Morgan fingerprint density at radius 2 is 0.952 bits per heavy atom. The molecule has 0 atom stereocenters. The van der Waals surface area contributed by atoms with Crippen molar-refractivity contribution in [3.05, 3.63) is 108 Å². The zero-order valence-electron chi connectivity index (χ0n) is 11.8. The summed E-state index contributed by atoms with van der Waals surface area (Å²) in [6, 6.07) is 31.6. The summed E-state index contributed by atoms with van der Waals surface area (Å²) in [5.74, 6) is 0. The average Bonchev–Trinajstić information content (AvgIpc) is 2.57. The van der Waals surface area contributed by atoms with Crippen LogP contribution in [0.1, 0.15) is 16.7 Å². The van der Waals surface area contributed by atoms with E-state index in [1.807, 2.05) is 12.1 Å². The van der Waals surface area contributed by atoms with Crippen LogP contribution in [0.5, 0.6) is 0 Å². The highest BCUT2D eigenvalue weighted by Crippen LogP contribution is 2.39. The van der Waals surface area contributed by atoms with Gasteiger partial charge in [0.2, 0.25) is 0 Å². The molecule has 3 aromatic carbocycles. The van der Waals surface area contributed by atoms with Crippen molar-refractivity contribution in [3.8, 4) is 0 Å². The van der Waals surface area contributed by atoms with E-state index in [9.17, 15) is 0 Å². The van der Waals surface area contributed by atoms with Gasteiger partial charge in [0.1, 0.15) is 0 Å². The molecule has 0 amide bonds. The maximum atomic E-state index is 5.11. The Morgan fingerprint density at radius 1 is 0.571 bits per heavy atom. The lowest BCUT2D eigenvalue weighted by atomic mass is 9.85. The van der Waals surface area contributed by atoms with Crippen molar-refractivity contribution in [1.82, 2.24) is 0 Å². The molecule has 0 aliphatic carbocycles. The molecule has 3 aromatic rings. The summed E-state index contributed by atoms with van der Waals surface area (Å²) >= 11 is 5.11. The minimum absolute atomic E-state index is 0.316. The zero-order valence-corrected chi connectivity index (χ0v) is 12.7. The fraction of sp³-hybridized carbons (Fsp3) is 0.100. The van der Waals surface area contributed by atoms with Crippen molar-refractivity contribution in [2.45, 2.75) is 11.2 Å². The Balaban J connectivity index is 2.07. The van der Waals surface area contributed by atoms with Crippen LogP contribution in [0.25, 0.3) is 0 Å². The Morgan fingerprint density at radius 3 is 1.38 bits per heavy atom. The lowest BCUT2D eigenvalue weighted by Gasteiger charge is -2.30. The fourth-order valence-corrected chi connectivity index (χ4v) is 3.17. The van der Waals surface area contributed by atoms with E-state index < -0.39 is 0 Å². The summed E-state index contributed by atoms with van der Waals surface area (Å²) in [5.41, 5.74) is 3.74. The molecular weight excluding hydrogens is 272 g/mol. The first-order valence-corrected chi connectivity index (χ1v) is 7.61. The number of hydrogen-bond acceptors (Lipinski definition) is 1. The molecule has 0 saturated heterocycles. The number of thiol groups is 1. The number of hydrogen-bond donors (Lipinski definition) is 1. The van der Waals surface area contributed by atoms with E-state index in [4.69, 9.17) is 12.6 Å². The largest absolute Gasteiger partial charge is 0.162 e. The van der Waals surface area contributed by atoms with Crippen LogP contribution in [0.2, 0.25) is 0 Å². The predicted molar refractivity (Wildman–Crippen MR) is 92.8 cm³/mol. The van der Waals surface area contributed by atoms with Crippen LogP contribution in [0.4, 0.5) is 0 Å². The zero-order chi connectivity index (χ0) is 14.5. The highest BCUT2D eigenvalue weighted by Gasteiger charge is 2.30. The summed E-state index contributed by atoms with van der Waals surface area (Å²) < 4.78 is -0.316. The van der Waals surface area contributed by atoms with Gasteiger partial charge in [0.15, 0.2) is 0 Å². The second kappa shape index (κ2) is 6.19. The van der Waals surface area contributed by atoms with Crippen LogP contribution in [0, 0.1) is 0 Å². The Labute approximate surface area is 131 Å². The van der Waals surface area contributed by atoms with E-state index >= 15 is 0 Å². The Kier molecular flexibility index (Phi) is 4.12. The van der Waals surface area contributed by atoms with E-state index in [0.717, 1.165) is 6.42 Å². The van der Waals surface area contributed by atoms with Crippen LogP contribution in [-0.4, -0.2) is 0 Å². The van der Waals surface area contributed by atoms with Crippen molar-refractivity contribution in [2.75, 3.05) is 0 Å². The van der Waals surface area contributed by atoms with Gasteiger partial charge in [-0.25, -0.2) is 0 Å². The minimum atomic E-state index is -0.316. The predicted octanol–water partition coefficient (Wildman–Crippen LogP) is 5.10. The molecule has 0 aliphatic heterocycles. The molecule has 0 radical (unpaired) electrons. The van der Waals surface area contributed by atoms with Gasteiger partial charge < -0.3 is 0 Å². The van der Waals surface area contributed by atoms with Crippen LogP contribution in [0.3, 0.4) is 0 Å². The van der Waals surface area contributed by atoms with Gasteiger partial charge in [-0.2, -0.15) is 12.6 Å². The van der Waals surface area contributed by atoms with Gasteiger partial charge in [-0.1, -0.05) is 91.0 Å². The van der Waals surface area contributed by atoms with Gasteiger partial charge in [0, 0.05) is 0 Å². The molecule has 0 aliphatic rings. The standard InChI is InChI=1S/C20H18S/c21-20(18-12-6-2-7-13-18,19-14-8-3-9-15-19)16-17-10-4-1-5-11-17/h1-15,21H,16H2. The average molecular weight is 290 g/mol. The lowest BCUT2D eigenvalue weighted by Crippen LogP contribution is -2.23. The molecule has 0 heterocycles. The van der Waals surface area contributed by atoms with Crippen LogP contribution < -0.4 is 0 Å². The maximum absolute atomic E-state index is 5.11. The van der Waals surface area contributed by atoms with Crippen molar-refractivity contribution in [3.63, 3.8) is 0 Å². The number of benzene rings is 3. The first kappa shape index (κ1) is 14.0. The van der Waals surface area contributed by atoms with Crippen LogP contribution in [-0.2, 0) is 11.2 Å². The summed E-state index contributed by atoms with van der Waals surface area (Å²) in [6.45, 7) is 0. The molecule has 0 aromatic heterocycles. The molecule has 0 unspecified atom stereocenters. The van der Waals surface area contributed by atoms with Gasteiger partial charge in [0.25, 0.3) is 0 Å². The maximum Gasteiger partial charge on any atom is 0.0667 e. The summed E-state index contributed by atoms with van der Waals surface area (Å²) in [7, 11) is 0. The van der Waals surface area contributed by atoms with Crippen LogP contribution >= 0.6 is 12.6 Å². The molecule has 0 fully saturated rings. The van der Waals surface area contributed by atoms with E-state index in [2.05, 4.69) is 78.9 Å². The molecule has 0 spiro atoms. The van der Waals surface area contributed by atoms with Crippen molar-refractivity contribution >= 4 is 12.6 Å². The second-order valence-electron chi connectivity index (χ2n) is 5.25. The normalized spacial score (nSPS) is 11.3. The van der Waals surface area contributed by atoms with Gasteiger partial charge >= 0.3 is 0 Å². The van der Waals surface area contributed by atoms with Crippen LogP contribution in [0.15, 0.2) is 91.0 Å². The highest BCUT2D eigenvalue weighted by atomic mass is 32.1. The third-order valence-electron chi connectivity index (χ3n) is 3.81. The summed E-state index contributed by atoms with van der Waals surface area (Å²) in [6.07, 6.45) is 0.866. The minimum Gasteiger partial charge on any atom is -0.162 e. The highest BCUT2D eigenvalue weighted by molar-refractivity contribution is 7.81. The lowest BCUT2D eigenvalue weighted by molar-refractivity contribution is 0.742.